The van der Waals surface area contributed by atoms with Gasteiger partial charge in [0.15, 0.2) is 0 Å². The molecule has 1 aromatic rings. The molecule has 0 unspecified atom stereocenters. The van der Waals surface area contributed by atoms with E-state index in [9.17, 15) is 13.2 Å². The molecule has 0 aliphatic carbocycles. The second kappa shape index (κ2) is 3.97. The van der Waals surface area contributed by atoms with E-state index < -0.39 is 11.7 Å². The molecule has 2 nitrogen and oxygen atoms in total. The topological polar surface area (TPSA) is 21.3 Å². The van der Waals surface area contributed by atoms with E-state index in [-0.39, 0.29) is 0 Å². The molecule has 0 saturated carbocycles. The summed E-state index contributed by atoms with van der Waals surface area (Å²) in [7, 11) is 1.40. The molecule has 1 aliphatic rings. The third kappa shape index (κ3) is 2.00. The smallest absolute Gasteiger partial charge is 0.416 e. The molecule has 1 aliphatic heterocycles. The molecule has 2 rings (SSSR count). The quantitative estimate of drug-likeness (QED) is 0.801. The van der Waals surface area contributed by atoms with E-state index in [4.69, 9.17) is 4.74 Å². The molecule has 1 heterocycles. The van der Waals surface area contributed by atoms with Crippen molar-refractivity contribution in [1.29, 1.82) is 0 Å². The van der Waals surface area contributed by atoms with Crippen molar-refractivity contribution < 1.29 is 17.9 Å². The fourth-order valence-corrected chi connectivity index (χ4v) is 1.93. The first-order chi connectivity index (χ1) is 7.52. The van der Waals surface area contributed by atoms with Crippen LogP contribution in [-0.2, 0) is 19.1 Å². The minimum absolute atomic E-state index is 0.339. The van der Waals surface area contributed by atoms with Gasteiger partial charge in [0.1, 0.15) is 5.75 Å². The first-order valence-electron chi connectivity index (χ1n) is 5.00. The summed E-state index contributed by atoms with van der Waals surface area (Å²) in [5, 5.41) is 3.05. The van der Waals surface area contributed by atoms with E-state index in [0.717, 1.165) is 18.2 Å². The lowest BCUT2D eigenvalue weighted by Gasteiger charge is -2.21. The van der Waals surface area contributed by atoms with E-state index in [1.807, 2.05) is 0 Å². The number of ether oxygens (including phenoxy) is 1. The van der Waals surface area contributed by atoms with Gasteiger partial charge in [0.2, 0.25) is 0 Å². The molecule has 1 N–H and O–H groups in total. The van der Waals surface area contributed by atoms with Gasteiger partial charge >= 0.3 is 6.18 Å². The Balaban J connectivity index is 2.52. The zero-order chi connectivity index (χ0) is 11.8. The van der Waals surface area contributed by atoms with E-state index in [1.54, 1.807) is 0 Å². The summed E-state index contributed by atoms with van der Waals surface area (Å²) in [4.78, 5) is 0. The molecule has 0 spiro atoms. The van der Waals surface area contributed by atoms with Crippen LogP contribution in [0.2, 0.25) is 0 Å². The molecular weight excluding hydrogens is 219 g/mol. The van der Waals surface area contributed by atoms with Crippen LogP contribution >= 0.6 is 0 Å². The first-order valence-corrected chi connectivity index (χ1v) is 5.00. The Bertz CT molecular complexity index is 384. The zero-order valence-corrected chi connectivity index (χ0v) is 8.82. The molecule has 0 amide bonds. The summed E-state index contributed by atoms with van der Waals surface area (Å²) >= 11 is 0. The lowest BCUT2D eigenvalue weighted by atomic mass is 9.97. The third-order valence-electron chi connectivity index (χ3n) is 2.72. The molecule has 0 saturated heterocycles. The van der Waals surface area contributed by atoms with Crippen LogP contribution in [0.15, 0.2) is 12.1 Å². The highest BCUT2D eigenvalue weighted by Gasteiger charge is 2.32. The molecule has 1 aromatic carbocycles. The van der Waals surface area contributed by atoms with Crippen LogP contribution in [0.3, 0.4) is 0 Å². The summed E-state index contributed by atoms with van der Waals surface area (Å²) in [6.45, 7) is 1.24. The molecule has 0 bridgehead atoms. The summed E-state index contributed by atoms with van der Waals surface area (Å²) in [6.07, 6.45) is -3.61. The molecule has 0 fully saturated rings. The van der Waals surface area contributed by atoms with Crippen molar-refractivity contribution in [1.82, 2.24) is 5.32 Å². The molecule has 5 heteroatoms. The van der Waals surface area contributed by atoms with Gasteiger partial charge in [-0.2, -0.15) is 13.2 Å². The van der Waals surface area contributed by atoms with Crippen LogP contribution in [0.1, 0.15) is 16.7 Å². The van der Waals surface area contributed by atoms with Gasteiger partial charge in [-0.05, 0) is 36.2 Å². The Kier molecular flexibility index (Phi) is 2.80. The molecule has 0 atom stereocenters. The Labute approximate surface area is 91.4 Å². The SMILES string of the molecule is COc1cc(C(F)(F)F)cc2c1CCNC2. The number of halogens is 3. The summed E-state index contributed by atoms with van der Waals surface area (Å²) in [5.74, 6) is 0.339. The number of hydrogen-bond donors (Lipinski definition) is 1. The van der Waals surface area contributed by atoms with Gasteiger partial charge in [0.25, 0.3) is 0 Å². The Morgan fingerprint density at radius 3 is 2.69 bits per heavy atom. The van der Waals surface area contributed by atoms with Crippen molar-refractivity contribution >= 4 is 0 Å². The maximum Gasteiger partial charge on any atom is 0.416 e. The summed E-state index contributed by atoms with van der Waals surface area (Å²) in [5.41, 5.74) is 0.916. The van der Waals surface area contributed by atoms with Gasteiger partial charge < -0.3 is 10.1 Å². The molecule has 0 radical (unpaired) electrons. The van der Waals surface area contributed by atoms with Gasteiger partial charge in [-0.25, -0.2) is 0 Å². The van der Waals surface area contributed by atoms with Gasteiger partial charge in [0.05, 0.1) is 12.7 Å². The molecule has 0 aromatic heterocycles. The normalized spacial score (nSPS) is 15.8. The number of nitrogens with one attached hydrogen (secondary N) is 1. The van der Waals surface area contributed by atoms with E-state index in [1.165, 1.54) is 13.2 Å². The Morgan fingerprint density at radius 1 is 1.31 bits per heavy atom. The van der Waals surface area contributed by atoms with Crippen molar-refractivity contribution in [2.24, 2.45) is 0 Å². The van der Waals surface area contributed by atoms with E-state index in [0.29, 0.717) is 24.3 Å². The lowest BCUT2D eigenvalue weighted by molar-refractivity contribution is -0.137. The van der Waals surface area contributed by atoms with Crippen LogP contribution < -0.4 is 10.1 Å². The number of benzene rings is 1. The van der Waals surface area contributed by atoms with E-state index >= 15 is 0 Å². The number of methoxy groups -OCH3 is 1. The van der Waals surface area contributed by atoms with Gasteiger partial charge in [-0.3, -0.25) is 0 Å². The Hall–Kier alpha value is -1.23. The standard InChI is InChI=1S/C11H12F3NO/c1-16-10-5-8(11(12,13)14)4-7-6-15-3-2-9(7)10/h4-5,15H,2-3,6H2,1H3. The monoisotopic (exact) mass is 231 g/mol. The van der Waals surface area contributed by atoms with Crippen molar-refractivity contribution in [3.63, 3.8) is 0 Å². The second-order valence-corrected chi connectivity index (χ2v) is 3.74. The first kappa shape index (κ1) is 11.3. The average molecular weight is 231 g/mol. The highest BCUT2D eigenvalue weighted by atomic mass is 19.4. The zero-order valence-electron chi connectivity index (χ0n) is 8.82. The van der Waals surface area contributed by atoms with Crippen LogP contribution in [-0.4, -0.2) is 13.7 Å². The van der Waals surface area contributed by atoms with E-state index in [2.05, 4.69) is 5.32 Å². The molecule has 88 valence electrons. The minimum atomic E-state index is -4.32. The fraction of sp³-hybridized carbons (Fsp3) is 0.455. The predicted octanol–water partition coefficient (Wildman–Crippen LogP) is 2.36. The third-order valence-corrected chi connectivity index (χ3v) is 2.72. The average Bonchev–Trinajstić information content (AvgIpc) is 2.26. The van der Waals surface area contributed by atoms with Crippen LogP contribution in [0.25, 0.3) is 0 Å². The molecule has 16 heavy (non-hydrogen) atoms. The predicted molar refractivity (Wildman–Crippen MR) is 53.4 cm³/mol. The van der Waals surface area contributed by atoms with Gasteiger partial charge in [0, 0.05) is 6.54 Å². The largest absolute Gasteiger partial charge is 0.496 e. The molecular formula is C11H12F3NO. The summed E-state index contributed by atoms with van der Waals surface area (Å²) in [6, 6.07) is 2.27. The highest BCUT2D eigenvalue weighted by molar-refractivity contribution is 5.46. The lowest BCUT2D eigenvalue weighted by Crippen LogP contribution is -2.24. The summed E-state index contributed by atoms with van der Waals surface area (Å²) < 4.78 is 42.8. The Morgan fingerprint density at radius 2 is 2.06 bits per heavy atom. The highest BCUT2D eigenvalue weighted by Crippen LogP contribution is 2.35. The van der Waals surface area contributed by atoms with Crippen molar-refractivity contribution in [2.75, 3.05) is 13.7 Å². The number of hydrogen-bond acceptors (Lipinski definition) is 2. The van der Waals surface area contributed by atoms with Gasteiger partial charge in [-0.15, -0.1) is 0 Å². The fourth-order valence-electron chi connectivity index (χ4n) is 1.93. The van der Waals surface area contributed by atoms with Crippen LogP contribution in [0.4, 0.5) is 13.2 Å². The van der Waals surface area contributed by atoms with Crippen molar-refractivity contribution in [3.05, 3.63) is 28.8 Å². The van der Waals surface area contributed by atoms with Crippen molar-refractivity contribution in [2.45, 2.75) is 19.1 Å². The number of alkyl halides is 3. The minimum Gasteiger partial charge on any atom is -0.496 e. The maximum absolute atomic E-state index is 12.6. The van der Waals surface area contributed by atoms with Crippen LogP contribution in [0, 0.1) is 0 Å². The van der Waals surface area contributed by atoms with Crippen LogP contribution in [0.5, 0.6) is 5.75 Å². The van der Waals surface area contributed by atoms with Crippen molar-refractivity contribution in [3.8, 4) is 5.75 Å². The number of fused-ring (bicyclic) bond motifs is 1. The number of rotatable bonds is 1. The second-order valence-electron chi connectivity index (χ2n) is 3.74. The maximum atomic E-state index is 12.6. The van der Waals surface area contributed by atoms with Gasteiger partial charge in [-0.1, -0.05) is 0 Å².